The van der Waals surface area contributed by atoms with Crippen molar-refractivity contribution in [3.63, 3.8) is 0 Å². The smallest absolute Gasteiger partial charge is 0.303 e. The van der Waals surface area contributed by atoms with Gasteiger partial charge in [0.05, 0.1) is 19.0 Å². The molecule has 1 aliphatic carbocycles. The maximum absolute atomic E-state index is 12.6. The van der Waals surface area contributed by atoms with Gasteiger partial charge in [-0.15, -0.1) is 0 Å². The Hall–Kier alpha value is -1.46. The van der Waals surface area contributed by atoms with E-state index in [1.165, 1.54) is 0 Å². The van der Waals surface area contributed by atoms with Crippen LogP contribution in [0.15, 0.2) is 24.2 Å². The third kappa shape index (κ3) is 8.45. The summed E-state index contributed by atoms with van der Waals surface area (Å²) in [4.78, 5) is 23.2. The van der Waals surface area contributed by atoms with Gasteiger partial charge in [-0.3, -0.25) is 9.59 Å². The summed E-state index contributed by atoms with van der Waals surface area (Å²) in [5.41, 5.74) is 0. The molecule has 0 aromatic rings. The summed E-state index contributed by atoms with van der Waals surface area (Å²) < 4.78 is 57.4. The van der Waals surface area contributed by atoms with Crippen LogP contribution >= 0.6 is 0 Å². The van der Waals surface area contributed by atoms with Gasteiger partial charge >= 0.3 is 5.97 Å². The zero-order valence-corrected chi connectivity index (χ0v) is 14.6. The Morgan fingerprint density at radius 1 is 1.44 bits per heavy atom. The Labute approximate surface area is 160 Å². The van der Waals surface area contributed by atoms with E-state index in [4.69, 9.17) is 14.7 Å². The minimum absolute atomic E-state index is 0.0598. The molecule has 0 aromatic carbocycles. The van der Waals surface area contributed by atoms with Crippen molar-refractivity contribution in [3.05, 3.63) is 24.2 Å². The molecule has 0 amide bonds. The van der Waals surface area contributed by atoms with E-state index in [0.717, 1.165) is 6.42 Å². The van der Waals surface area contributed by atoms with Crippen LogP contribution in [0, 0.1) is 11.8 Å². The molecule has 1 saturated carbocycles. The average molecular weight is 367 g/mol. The highest BCUT2D eigenvalue weighted by Gasteiger charge is 2.39. The van der Waals surface area contributed by atoms with Gasteiger partial charge in [0.1, 0.15) is 5.78 Å². The van der Waals surface area contributed by atoms with Gasteiger partial charge in [0.2, 0.25) is 0 Å². The second-order valence-corrected chi connectivity index (χ2v) is 5.91. The molecule has 0 aromatic heterocycles. The first-order chi connectivity index (χ1) is 14.5. The van der Waals surface area contributed by atoms with Crippen molar-refractivity contribution in [1.82, 2.24) is 0 Å². The van der Waals surface area contributed by atoms with Gasteiger partial charge in [0.25, 0.3) is 0 Å². The van der Waals surface area contributed by atoms with Crippen LogP contribution in [-0.4, -0.2) is 39.2 Å². The van der Waals surface area contributed by atoms with E-state index in [-0.39, 0.29) is 31.7 Å². The zero-order valence-electron chi connectivity index (χ0n) is 21.6. The van der Waals surface area contributed by atoms with E-state index in [1.54, 1.807) is 0 Å². The number of allylic oxidation sites excluding steroid dienone is 2. The lowest BCUT2D eigenvalue weighted by atomic mass is 9.90. The fourth-order valence-electron chi connectivity index (χ4n) is 2.38. The number of hydrogen-bond acceptors (Lipinski definition) is 4. The number of carbonyl (C=O) groups is 2. The van der Waals surface area contributed by atoms with Crippen LogP contribution in [0.4, 0.5) is 0 Å². The summed E-state index contributed by atoms with van der Waals surface area (Å²) in [6.07, 6.45) is -4.96. The lowest BCUT2D eigenvalue weighted by Gasteiger charge is -2.16. The van der Waals surface area contributed by atoms with Crippen molar-refractivity contribution in [1.29, 1.82) is 0 Å². The Kier molecular flexibility index (Phi) is 6.15. The standard InChI is InChI=1S/C20H32O5/c1-2-3-6-9-15(21)12-13-17-16(18(22)14-19(17)23)10-7-4-5-8-11-20(24)25/h4,7,12-13,15-17,19,21,23H,2-3,5-6,8-11,14H2,1H3,(H,24,25)/b7-4-,13-12+/t15-,16+,17+,19+/m0/s1/i4T,7T,12T,15T,16T,17T,19T. The average Bonchev–Trinajstić information content (AvgIpc) is 2.78. The maximum Gasteiger partial charge on any atom is 0.303 e. The van der Waals surface area contributed by atoms with Gasteiger partial charge in [-0.1, -0.05) is 50.4 Å². The van der Waals surface area contributed by atoms with E-state index in [1.807, 2.05) is 6.92 Å². The molecule has 0 aliphatic heterocycles. The van der Waals surface area contributed by atoms with Crippen LogP contribution in [0.3, 0.4) is 0 Å². The van der Waals surface area contributed by atoms with E-state index in [9.17, 15) is 19.8 Å². The van der Waals surface area contributed by atoms with Gasteiger partial charge < -0.3 is 15.3 Å². The van der Waals surface area contributed by atoms with Crippen LogP contribution < -0.4 is 0 Å². The van der Waals surface area contributed by atoms with Crippen molar-refractivity contribution < 1.29 is 34.5 Å². The highest BCUT2D eigenvalue weighted by atomic mass is 16.4. The quantitative estimate of drug-likeness (QED) is 0.364. The minimum Gasteiger partial charge on any atom is -0.481 e. The summed E-state index contributed by atoms with van der Waals surface area (Å²) in [6.45, 7) is 1.91. The van der Waals surface area contributed by atoms with E-state index >= 15 is 0 Å². The largest absolute Gasteiger partial charge is 0.481 e. The van der Waals surface area contributed by atoms with Crippen LogP contribution in [0.1, 0.15) is 74.3 Å². The van der Waals surface area contributed by atoms with Crippen LogP contribution in [-0.2, 0) is 9.59 Å². The van der Waals surface area contributed by atoms with Crippen molar-refractivity contribution in [2.75, 3.05) is 0 Å². The number of hydrogen-bond donors (Lipinski definition) is 3. The fraction of sp³-hybridized carbons (Fsp3) is 0.700. The first-order valence-corrected chi connectivity index (χ1v) is 8.59. The molecule has 0 heterocycles. The molecule has 0 bridgehead atoms. The van der Waals surface area contributed by atoms with Crippen molar-refractivity contribution in [3.8, 4) is 0 Å². The maximum atomic E-state index is 12.6. The van der Waals surface area contributed by atoms with Gasteiger partial charge in [0.15, 0.2) is 0 Å². The van der Waals surface area contributed by atoms with Gasteiger partial charge in [-0.25, -0.2) is 0 Å². The summed E-state index contributed by atoms with van der Waals surface area (Å²) in [6, 6.07) is -1.68. The molecule has 4 atom stereocenters. The zero-order chi connectivity index (χ0) is 25.0. The van der Waals surface area contributed by atoms with E-state index < -0.39 is 60.6 Å². The van der Waals surface area contributed by atoms with E-state index in [2.05, 4.69) is 0 Å². The highest BCUT2D eigenvalue weighted by Crippen LogP contribution is 2.33. The van der Waals surface area contributed by atoms with Crippen molar-refractivity contribution >= 4 is 11.8 Å². The normalized spacial score (nSPS) is 40.5. The Bertz CT molecular complexity index is 780. The third-order valence-corrected chi connectivity index (χ3v) is 3.78. The minimum atomic E-state index is -2.84. The summed E-state index contributed by atoms with van der Waals surface area (Å²) in [5.74, 6) is -7.49. The van der Waals surface area contributed by atoms with Crippen LogP contribution in [0.25, 0.3) is 0 Å². The molecule has 1 rings (SSSR count). The number of aliphatic hydroxyl groups is 2. The van der Waals surface area contributed by atoms with Crippen LogP contribution in [0.5, 0.6) is 0 Å². The first-order valence-electron chi connectivity index (χ1n) is 12.1. The monoisotopic (exact) mass is 366 g/mol. The SMILES string of the molecule is [3H]/C(CCCC(=O)O)=C(\[3H])C[C@@]1([3H])C(=O)C[C@@]([3H])(O)[C@]1([3H])/C=C(\[3H])[C@@]([3H])(O)CCCCC. The molecule has 0 spiro atoms. The van der Waals surface area contributed by atoms with Gasteiger partial charge in [-0.2, -0.15) is 0 Å². The van der Waals surface area contributed by atoms with Gasteiger partial charge in [0, 0.05) is 27.4 Å². The second-order valence-electron chi connectivity index (χ2n) is 5.91. The Morgan fingerprint density at radius 3 is 2.88 bits per heavy atom. The molecule has 5 nitrogen and oxygen atoms in total. The number of aliphatic carboxylic acids is 1. The van der Waals surface area contributed by atoms with Crippen molar-refractivity contribution in [2.24, 2.45) is 11.8 Å². The molecular formula is C20H32O5. The summed E-state index contributed by atoms with van der Waals surface area (Å²) in [7, 11) is 0. The van der Waals surface area contributed by atoms with E-state index in [0.29, 0.717) is 18.9 Å². The molecule has 5 heteroatoms. The predicted molar refractivity (Wildman–Crippen MR) is 97.1 cm³/mol. The lowest BCUT2D eigenvalue weighted by Crippen LogP contribution is -2.18. The fourth-order valence-corrected chi connectivity index (χ4v) is 2.38. The number of rotatable bonds is 12. The first kappa shape index (κ1) is 12.8. The molecule has 0 unspecified atom stereocenters. The molecule has 3 N–H and O–H groups in total. The number of carbonyl (C=O) groups excluding carboxylic acids is 1. The lowest BCUT2D eigenvalue weighted by molar-refractivity contribution is -0.137. The number of carboxylic acid groups (broad SMARTS) is 1. The molecule has 25 heavy (non-hydrogen) atoms. The molecule has 1 aliphatic rings. The predicted octanol–water partition coefficient (Wildman–Crippen LogP) is 3.25. The molecule has 0 radical (unpaired) electrons. The number of ketones is 1. The second kappa shape index (κ2) is 12.0. The highest BCUT2D eigenvalue weighted by molar-refractivity contribution is 5.84. The third-order valence-electron chi connectivity index (χ3n) is 3.78. The molecule has 0 saturated heterocycles. The molecule has 1 fully saturated rings. The van der Waals surface area contributed by atoms with Crippen LogP contribution in [0.2, 0.25) is 0 Å². The molecular weight excluding hydrogens is 320 g/mol. The molecule has 142 valence electrons. The van der Waals surface area contributed by atoms with Gasteiger partial charge in [-0.05, 0) is 25.7 Å². The van der Waals surface area contributed by atoms with Crippen molar-refractivity contribution in [2.45, 2.75) is 76.9 Å². The number of unbranched alkanes of at least 4 members (excludes halogenated alkanes) is 2. The number of carboxylic acids is 1. The topological polar surface area (TPSA) is 94.8 Å². The summed E-state index contributed by atoms with van der Waals surface area (Å²) in [5, 5.41) is 29.5. The number of Topliss-reactive ketones (excluding diaryl/α,β-unsaturated/α-hetero) is 1. The Morgan fingerprint density at radius 2 is 2.20 bits per heavy atom. The summed E-state index contributed by atoms with van der Waals surface area (Å²) >= 11 is 0. The Balaban J connectivity index is 3.31.